The predicted molar refractivity (Wildman–Crippen MR) is 235 cm³/mol. The van der Waals surface area contributed by atoms with Crippen molar-refractivity contribution in [3.8, 4) is 5.69 Å². The second-order valence-electron chi connectivity index (χ2n) is 16.8. The summed E-state index contributed by atoms with van der Waals surface area (Å²) in [6, 6.07) is 29.6. The summed E-state index contributed by atoms with van der Waals surface area (Å²) in [5.74, 6) is 1.40. The number of benzene rings is 3. The second kappa shape index (κ2) is 14.2. The Morgan fingerprint density at radius 2 is 1.46 bits per heavy atom. The molecule has 11 rings (SSSR count). The van der Waals surface area contributed by atoms with Crippen LogP contribution >= 0.6 is 0 Å². The average Bonchev–Trinajstić information content (AvgIpc) is 3.79. The molecule has 2 heterocycles. The van der Waals surface area contributed by atoms with E-state index >= 15 is 0 Å². The zero-order valence-electron chi connectivity index (χ0n) is 32.3. The summed E-state index contributed by atoms with van der Waals surface area (Å²) < 4.78 is 5.35. The Kier molecular flexibility index (Phi) is 8.53. The summed E-state index contributed by atoms with van der Waals surface area (Å²) in [6.07, 6.45) is 41.2. The van der Waals surface area contributed by atoms with Crippen LogP contribution in [0.3, 0.4) is 0 Å². The summed E-state index contributed by atoms with van der Waals surface area (Å²) in [5, 5.41) is 1.39. The first-order valence-corrected chi connectivity index (χ1v) is 21.3. The molecule has 0 bridgehead atoms. The highest BCUT2D eigenvalue weighted by molar-refractivity contribution is 5.94. The van der Waals surface area contributed by atoms with Gasteiger partial charge in [-0.3, -0.25) is 0 Å². The van der Waals surface area contributed by atoms with E-state index in [1.807, 2.05) is 0 Å². The lowest BCUT2D eigenvalue weighted by molar-refractivity contribution is 0.501. The van der Waals surface area contributed by atoms with Crippen molar-refractivity contribution in [2.75, 3.05) is 0 Å². The van der Waals surface area contributed by atoms with E-state index in [2.05, 4.69) is 161 Å². The molecule has 2 aromatic heterocycles. The van der Waals surface area contributed by atoms with Crippen LogP contribution in [-0.4, -0.2) is 9.13 Å². The van der Waals surface area contributed by atoms with Gasteiger partial charge in [0.15, 0.2) is 0 Å². The molecule has 0 radical (unpaired) electrons. The van der Waals surface area contributed by atoms with Crippen molar-refractivity contribution in [1.82, 2.24) is 9.13 Å². The van der Waals surface area contributed by atoms with Crippen LogP contribution in [0.15, 0.2) is 156 Å². The van der Waals surface area contributed by atoms with Crippen molar-refractivity contribution in [2.24, 2.45) is 5.92 Å². The fourth-order valence-corrected chi connectivity index (χ4v) is 10.9. The van der Waals surface area contributed by atoms with E-state index in [4.69, 9.17) is 0 Å². The van der Waals surface area contributed by atoms with Crippen LogP contribution in [0.5, 0.6) is 0 Å². The number of rotatable bonds is 6. The van der Waals surface area contributed by atoms with Gasteiger partial charge in [-0.25, -0.2) is 0 Å². The van der Waals surface area contributed by atoms with Crippen molar-refractivity contribution in [2.45, 2.75) is 82.5 Å². The summed E-state index contributed by atoms with van der Waals surface area (Å²) >= 11 is 0. The van der Waals surface area contributed by atoms with Crippen LogP contribution in [-0.2, 0) is 25.7 Å². The number of hydrogen-bond acceptors (Lipinski definition) is 0. The van der Waals surface area contributed by atoms with Crippen molar-refractivity contribution < 1.29 is 0 Å². The number of allylic oxidation sites excluding steroid dienone is 14. The number of para-hydroxylation sites is 1. The first kappa shape index (κ1) is 33.7. The Labute approximate surface area is 332 Å². The largest absolute Gasteiger partial charge is 0.321 e. The molecule has 0 saturated carbocycles. The molecule has 2 heteroatoms. The fourth-order valence-electron chi connectivity index (χ4n) is 10.9. The maximum atomic E-state index is 2.77. The molecule has 3 unspecified atom stereocenters. The highest BCUT2D eigenvalue weighted by Gasteiger charge is 2.34. The Morgan fingerprint density at radius 3 is 2.36 bits per heavy atom. The highest BCUT2D eigenvalue weighted by Crippen LogP contribution is 2.46. The Hall–Kier alpha value is -5.60. The van der Waals surface area contributed by atoms with Gasteiger partial charge in [-0.1, -0.05) is 133 Å². The average molecular weight is 727 g/mol. The zero-order chi connectivity index (χ0) is 37.0. The highest BCUT2D eigenvalue weighted by atomic mass is 15.0. The molecular weight excluding hydrogens is 677 g/mol. The molecule has 0 spiro atoms. The van der Waals surface area contributed by atoms with Crippen LogP contribution in [0.2, 0.25) is 0 Å². The second-order valence-corrected chi connectivity index (χ2v) is 16.8. The van der Waals surface area contributed by atoms with E-state index in [1.165, 1.54) is 67.8 Å². The van der Waals surface area contributed by atoms with Gasteiger partial charge < -0.3 is 9.13 Å². The standard InChI is InChI=1S/C54H50N2/c1-4-15-37(16-5-1)40-21-14-22-45(32-40)55-51-25-12-10-23-47(51)49-35-41(27-29-53(49)55)42-28-30-54-50(36-42)48-24-11-13-26-52(48)56(54)46-33-43(38-17-6-2-7-18-38)31-44(34-46)39-19-8-3-9-20-39/h1-2,4-8,10-12,14-15,17-25,31-32,34-35,37,42-43H,3,9,13,16,26-30,33,36H2. The summed E-state index contributed by atoms with van der Waals surface area (Å²) in [6.45, 7) is 0. The molecule has 3 aromatic carbocycles. The van der Waals surface area contributed by atoms with Crippen molar-refractivity contribution in [3.63, 3.8) is 0 Å². The van der Waals surface area contributed by atoms with Gasteiger partial charge in [0.05, 0.1) is 5.52 Å². The maximum absolute atomic E-state index is 2.77. The Bertz CT molecular complexity index is 2620. The van der Waals surface area contributed by atoms with E-state index in [1.54, 1.807) is 22.5 Å². The SMILES string of the molecule is C1=CCC(c2cccc(-n3c4c(c5ccccc53)C=C(C3CCc5c(c6c(n5C5=CC(C7=CCCC=C7)=CC(c7ccccc7)C5)CCC=C6)C3)CC4)c2)C=C1. The number of fused-ring (bicyclic) bond motifs is 6. The first-order valence-electron chi connectivity index (χ1n) is 21.3. The Balaban J connectivity index is 0.955. The smallest absolute Gasteiger partial charge is 0.0537 e. The predicted octanol–water partition coefficient (Wildman–Crippen LogP) is 13.4. The van der Waals surface area contributed by atoms with Gasteiger partial charge in [0.2, 0.25) is 0 Å². The van der Waals surface area contributed by atoms with Crippen LogP contribution in [0.1, 0.15) is 102 Å². The number of nitrogens with zero attached hydrogens (tertiary/aromatic N) is 2. The quantitative estimate of drug-likeness (QED) is 0.165. The molecule has 5 aromatic rings. The van der Waals surface area contributed by atoms with E-state index in [9.17, 15) is 0 Å². The van der Waals surface area contributed by atoms with E-state index in [0.717, 1.165) is 64.2 Å². The zero-order valence-corrected chi connectivity index (χ0v) is 32.3. The fraction of sp³-hybridized carbons (Fsp3) is 0.259. The van der Waals surface area contributed by atoms with Crippen molar-refractivity contribution in [3.05, 3.63) is 201 Å². The monoisotopic (exact) mass is 726 g/mol. The van der Waals surface area contributed by atoms with Crippen LogP contribution in [0.4, 0.5) is 0 Å². The van der Waals surface area contributed by atoms with Crippen molar-refractivity contribution >= 4 is 28.8 Å². The molecule has 276 valence electrons. The van der Waals surface area contributed by atoms with Gasteiger partial charge in [0.1, 0.15) is 0 Å². The molecule has 2 nitrogen and oxygen atoms in total. The molecule has 0 amide bonds. The minimum absolute atomic E-state index is 0.374. The van der Waals surface area contributed by atoms with Gasteiger partial charge in [0.25, 0.3) is 0 Å². The van der Waals surface area contributed by atoms with Gasteiger partial charge in [-0.05, 0) is 134 Å². The summed E-state index contributed by atoms with van der Waals surface area (Å²) in [5.41, 5.74) is 20.6. The van der Waals surface area contributed by atoms with Gasteiger partial charge in [0, 0.05) is 51.3 Å². The molecule has 0 aliphatic heterocycles. The van der Waals surface area contributed by atoms with E-state index < -0.39 is 0 Å². The third-order valence-corrected chi connectivity index (χ3v) is 13.6. The third-order valence-electron chi connectivity index (χ3n) is 13.6. The lowest BCUT2D eigenvalue weighted by Gasteiger charge is -2.30. The number of hydrogen-bond donors (Lipinski definition) is 0. The minimum atomic E-state index is 0.374. The molecule has 3 atom stereocenters. The van der Waals surface area contributed by atoms with Gasteiger partial charge >= 0.3 is 0 Å². The molecular formula is C54H50N2. The normalized spacial score (nSPS) is 22.5. The van der Waals surface area contributed by atoms with E-state index in [-0.39, 0.29) is 0 Å². The molecule has 6 aliphatic rings. The maximum Gasteiger partial charge on any atom is 0.0537 e. The molecule has 0 N–H and O–H groups in total. The summed E-state index contributed by atoms with van der Waals surface area (Å²) in [7, 11) is 0. The Morgan fingerprint density at radius 1 is 0.589 bits per heavy atom. The summed E-state index contributed by atoms with van der Waals surface area (Å²) in [4.78, 5) is 0. The lowest BCUT2D eigenvalue weighted by Crippen LogP contribution is -2.20. The van der Waals surface area contributed by atoms with Crippen LogP contribution in [0.25, 0.3) is 34.4 Å². The molecule has 56 heavy (non-hydrogen) atoms. The third kappa shape index (κ3) is 5.84. The molecule has 6 aliphatic carbocycles. The van der Waals surface area contributed by atoms with Crippen LogP contribution in [0, 0.1) is 5.92 Å². The molecule has 0 saturated heterocycles. The van der Waals surface area contributed by atoms with E-state index in [0.29, 0.717) is 17.8 Å². The number of aromatic nitrogens is 2. The van der Waals surface area contributed by atoms with Gasteiger partial charge in [-0.2, -0.15) is 0 Å². The topological polar surface area (TPSA) is 9.86 Å². The van der Waals surface area contributed by atoms with Gasteiger partial charge in [-0.15, -0.1) is 0 Å². The lowest BCUT2D eigenvalue weighted by atomic mass is 9.77. The molecule has 0 fully saturated rings. The minimum Gasteiger partial charge on any atom is -0.321 e. The van der Waals surface area contributed by atoms with Crippen molar-refractivity contribution in [1.29, 1.82) is 0 Å². The first-order chi connectivity index (χ1) is 27.8. The van der Waals surface area contributed by atoms with Crippen LogP contribution < -0.4 is 0 Å².